The minimum absolute atomic E-state index is 0.200. The molecule has 2 aromatic heterocycles. The molecule has 0 aliphatic rings. The van der Waals surface area contributed by atoms with Gasteiger partial charge >= 0.3 is 0 Å². The molecule has 0 aliphatic heterocycles. The highest BCUT2D eigenvalue weighted by atomic mass is 16.1. The predicted octanol–water partition coefficient (Wildman–Crippen LogP) is 1.73. The van der Waals surface area contributed by atoms with Crippen molar-refractivity contribution in [3.63, 3.8) is 0 Å². The van der Waals surface area contributed by atoms with Crippen LogP contribution in [0.4, 0.5) is 5.69 Å². The Hall–Kier alpha value is -2.61. The molecule has 0 fully saturated rings. The molecule has 0 saturated carbocycles. The normalized spacial score (nSPS) is 10.7. The Morgan fingerprint density at radius 3 is 3.00 bits per heavy atom. The monoisotopic (exact) mass is 210 g/mol. The molecule has 0 bridgehead atoms. The van der Waals surface area contributed by atoms with E-state index in [0.717, 1.165) is 0 Å². The molecular formula is C11H6N4O. The number of hydrogen-bond acceptors (Lipinski definition) is 2. The molecule has 0 atom stereocenters. The van der Waals surface area contributed by atoms with E-state index >= 15 is 0 Å². The molecule has 0 aliphatic carbocycles. The van der Waals surface area contributed by atoms with Gasteiger partial charge in [0.15, 0.2) is 0 Å². The van der Waals surface area contributed by atoms with E-state index in [-0.39, 0.29) is 5.56 Å². The second kappa shape index (κ2) is 2.94. The van der Waals surface area contributed by atoms with Gasteiger partial charge in [0.2, 0.25) is 5.69 Å². The van der Waals surface area contributed by atoms with Crippen molar-refractivity contribution in [2.75, 3.05) is 0 Å². The summed E-state index contributed by atoms with van der Waals surface area (Å²) in [5, 5.41) is 4.66. The van der Waals surface area contributed by atoms with Crippen molar-refractivity contribution in [1.29, 1.82) is 0 Å². The number of hydrogen-bond donors (Lipinski definition) is 1. The molecule has 0 amide bonds. The predicted molar refractivity (Wildman–Crippen MR) is 59.6 cm³/mol. The van der Waals surface area contributed by atoms with Gasteiger partial charge in [0, 0.05) is 0 Å². The van der Waals surface area contributed by atoms with E-state index in [9.17, 15) is 4.79 Å². The van der Waals surface area contributed by atoms with Crippen molar-refractivity contribution in [3.05, 3.63) is 52.2 Å². The third kappa shape index (κ3) is 0.982. The van der Waals surface area contributed by atoms with E-state index in [0.29, 0.717) is 22.2 Å². The Morgan fingerprint density at radius 2 is 2.19 bits per heavy atom. The van der Waals surface area contributed by atoms with Gasteiger partial charge in [-0.15, -0.1) is 0 Å². The quantitative estimate of drug-likeness (QED) is 0.574. The first-order valence-electron chi connectivity index (χ1n) is 4.67. The summed E-state index contributed by atoms with van der Waals surface area (Å²) in [6.07, 6.45) is 1.45. The summed E-state index contributed by atoms with van der Waals surface area (Å²) in [5.41, 5.74) is 1.30. The van der Waals surface area contributed by atoms with Crippen LogP contribution in [-0.2, 0) is 0 Å². The van der Waals surface area contributed by atoms with Gasteiger partial charge in [-0.05, 0) is 12.1 Å². The highest BCUT2D eigenvalue weighted by molar-refractivity contribution is 5.83. The molecule has 3 aromatic rings. The number of benzene rings is 1. The average molecular weight is 210 g/mol. The third-order valence-electron chi connectivity index (χ3n) is 2.48. The smallest absolute Gasteiger partial charge is 0.258 e. The van der Waals surface area contributed by atoms with E-state index < -0.39 is 0 Å². The van der Waals surface area contributed by atoms with Crippen LogP contribution in [-0.4, -0.2) is 14.6 Å². The maximum Gasteiger partial charge on any atom is 0.258 e. The zero-order valence-electron chi connectivity index (χ0n) is 8.14. The molecule has 76 valence electrons. The molecule has 0 unspecified atom stereocenters. The van der Waals surface area contributed by atoms with E-state index in [1.165, 1.54) is 6.20 Å². The first-order chi connectivity index (χ1) is 7.81. The maximum atomic E-state index is 11.8. The maximum absolute atomic E-state index is 11.8. The number of nitrogens with zero attached hydrogens (tertiary/aromatic N) is 3. The zero-order chi connectivity index (χ0) is 11.1. The number of nitrogens with one attached hydrogen (secondary N) is 1. The van der Waals surface area contributed by atoms with Crippen molar-refractivity contribution in [2.45, 2.75) is 0 Å². The fraction of sp³-hybridized carbons (Fsp3) is 0. The molecule has 1 N–H and O–H groups in total. The van der Waals surface area contributed by atoms with Gasteiger partial charge in [-0.2, -0.15) is 5.10 Å². The first kappa shape index (κ1) is 8.68. The standard InChI is InChI=1S/C11H6N4O/c1-12-8-6-13-15-9-5-3-2-4-7(9)11(16)14-10(8)15/h2-6H,(H,14,16). The van der Waals surface area contributed by atoms with E-state index in [4.69, 9.17) is 6.57 Å². The molecule has 16 heavy (non-hydrogen) atoms. The van der Waals surface area contributed by atoms with Crippen molar-refractivity contribution in [2.24, 2.45) is 0 Å². The van der Waals surface area contributed by atoms with Crippen molar-refractivity contribution < 1.29 is 0 Å². The highest BCUT2D eigenvalue weighted by Gasteiger charge is 2.08. The fourth-order valence-corrected chi connectivity index (χ4v) is 1.75. The van der Waals surface area contributed by atoms with Gasteiger partial charge in [-0.3, -0.25) is 4.79 Å². The Morgan fingerprint density at radius 1 is 1.38 bits per heavy atom. The Bertz CT molecular complexity index is 791. The zero-order valence-corrected chi connectivity index (χ0v) is 8.14. The number of fused-ring (bicyclic) bond motifs is 3. The van der Waals surface area contributed by atoms with Crippen molar-refractivity contribution in [1.82, 2.24) is 14.6 Å². The molecule has 5 heteroatoms. The van der Waals surface area contributed by atoms with Crippen LogP contribution in [0.25, 0.3) is 21.4 Å². The molecule has 0 radical (unpaired) electrons. The summed E-state index contributed by atoms with van der Waals surface area (Å²) < 4.78 is 1.57. The highest BCUT2D eigenvalue weighted by Crippen LogP contribution is 2.19. The minimum Gasteiger partial charge on any atom is -0.315 e. The van der Waals surface area contributed by atoms with Crippen LogP contribution in [0.5, 0.6) is 0 Å². The second-order valence-corrected chi connectivity index (χ2v) is 3.37. The number of aromatic amines is 1. The van der Waals surface area contributed by atoms with E-state index in [2.05, 4.69) is 14.9 Å². The minimum atomic E-state index is -0.200. The number of aromatic nitrogens is 3. The van der Waals surface area contributed by atoms with Crippen molar-refractivity contribution >= 4 is 22.2 Å². The van der Waals surface area contributed by atoms with E-state index in [1.807, 2.05) is 6.07 Å². The number of H-pyrrole nitrogens is 1. The lowest BCUT2D eigenvalue weighted by atomic mass is 10.2. The van der Waals surface area contributed by atoms with Crippen LogP contribution in [0, 0.1) is 6.57 Å². The van der Waals surface area contributed by atoms with Gasteiger partial charge in [0.05, 0.1) is 23.7 Å². The summed E-state index contributed by atoms with van der Waals surface area (Å²) in [6.45, 7) is 6.97. The van der Waals surface area contributed by atoms with Gasteiger partial charge in [-0.25, -0.2) is 9.36 Å². The molecule has 5 nitrogen and oxygen atoms in total. The van der Waals surface area contributed by atoms with Crippen LogP contribution in [0.15, 0.2) is 35.3 Å². The van der Waals surface area contributed by atoms with Crippen LogP contribution in [0.2, 0.25) is 0 Å². The van der Waals surface area contributed by atoms with Crippen LogP contribution < -0.4 is 5.56 Å². The summed E-state index contributed by atoms with van der Waals surface area (Å²) in [4.78, 5) is 17.7. The lowest BCUT2D eigenvalue weighted by Crippen LogP contribution is -2.09. The SMILES string of the molecule is [C-]#[N+]c1cnn2c1[nH]c(=O)c1ccccc12. The summed E-state index contributed by atoms with van der Waals surface area (Å²) in [5.74, 6) is 0. The average Bonchev–Trinajstić information content (AvgIpc) is 2.72. The Balaban J connectivity index is 2.67. The molecule has 2 heterocycles. The fourth-order valence-electron chi connectivity index (χ4n) is 1.75. The largest absolute Gasteiger partial charge is 0.315 e. The van der Waals surface area contributed by atoms with Gasteiger partial charge < -0.3 is 4.98 Å². The Kier molecular flexibility index (Phi) is 1.59. The summed E-state index contributed by atoms with van der Waals surface area (Å²) in [7, 11) is 0. The topological polar surface area (TPSA) is 54.5 Å². The van der Waals surface area contributed by atoms with Gasteiger partial charge in [0.1, 0.15) is 5.65 Å². The summed E-state index contributed by atoms with van der Waals surface area (Å²) in [6, 6.07) is 7.16. The number of para-hydroxylation sites is 1. The Labute approximate surface area is 89.8 Å². The first-order valence-corrected chi connectivity index (χ1v) is 4.67. The van der Waals surface area contributed by atoms with Crippen LogP contribution in [0.1, 0.15) is 0 Å². The van der Waals surface area contributed by atoms with Gasteiger partial charge in [-0.1, -0.05) is 12.1 Å². The lowest BCUT2D eigenvalue weighted by molar-refractivity contribution is 0.977. The molecule has 0 saturated heterocycles. The third-order valence-corrected chi connectivity index (χ3v) is 2.48. The number of rotatable bonds is 0. The van der Waals surface area contributed by atoms with Gasteiger partial charge in [0.25, 0.3) is 5.56 Å². The van der Waals surface area contributed by atoms with Crippen LogP contribution >= 0.6 is 0 Å². The van der Waals surface area contributed by atoms with E-state index in [1.54, 1.807) is 22.7 Å². The summed E-state index contributed by atoms with van der Waals surface area (Å²) >= 11 is 0. The second-order valence-electron chi connectivity index (χ2n) is 3.37. The lowest BCUT2D eigenvalue weighted by Gasteiger charge is -2.00. The molecule has 1 aromatic carbocycles. The molecule has 3 rings (SSSR count). The van der Waals surface area contributed by atoms with Crippen molar-refractivity contribution in [3.8, 4) is 0 Å². The molecule has 0 spiro atoms. The molecular weight excluding hydrogens is 204 g/mol. The van der Waals surface area contributed by atoms with Crippen LogP contribution in [0.3, 0.4) is 0 Å².